The molecule has 0 radical (unpaired) electrons. The van der Waals surface area contributed by atoms with Crippen LogP contribution in [0.2, 0.25) is 0 Å². The van der Waals surface area contributed by atoms with Crippen molar-refractivity contribution in [2.75, 3.05) is 5.73 Å². The maximum absolute atomic E-state index is 14.5. The van der Waals surface area contributed by atoms with Crippen molar-refractivity contribution >= 4 is 138 Å². The first-order valence-corrected chi connectivity index (χ1v) is 42.0. The average Bonchev–Trinajstić information content (AvgIpc) is 1.73. The lowest BCUT2D eigenvalue weighted by molar-refractivity contribution is 0.0578. The van der Waals surface area contributed by atoms with E-state index in [1.165, 1.54) is 141 Å². The Hall–Kier alpha value is -13.9. The van der Waals surface area contributed by atoms with Crippen molar-refractivity contribution in [3.05, 3.63) is 396 Å². The molecule has 7 aromatic heterocycles. The van der Waals surface area contributed by atoms with Gasteiger partial charge in [0, 0.05) is 6.42 Å². The summed E-state index contributed by atoms with van der Waals surface area (Å²) in [6, 6.07) is 60.4. The second-order valence-corrected chi connectivity index (χ2v) is 32.7. The summed E-state index contributed by atoms with van der Waals surface area (Å²) in [6.07, 6.45) is 1.90. The van der Waals surface area contributed by atoms with E-state index in [2.05, 4.69) is 46.9 Å². The van der Waals surface area contributed by atoms with E-state index in [1.807, 2.05) is 97.1 Å². The van der Waals surface area contributed by atoms with E-state index in [0.717, 1.165) is 28.2 Å². The van der Waals surface area contributed by atoms with Crippen LogP contribution in [-0.2, 0) is 6.42 Å². The summed E-state index contributed by atoms with van der Waals surface area (Å²) in [7, 11) is 0. The number of halogens is 11. The SMILES string of the molecule is CC(Br)c1oc2cccc(F)c2c(=O)c1-c1ccc(F)cc1.CC(Br)c1oc2cccc(F)c2c(=O)c1-c1ccccc1.CC(c1oc2cccc(F)c2c(=O)c1-c1ccc(F)cc1)n1nc(I)c2c(N)ncnc21.CC(c1oc2cccc(F)c2c(=O)c1-c1cccc(F)c1)N1C(=O)c2ccccc2C1=O.CCc1oc2cccc(F)c2c(=O)c1-c1ccccc1. The van der Waals surface area contributed by atoms with Crippen LogP contribution in [0.5, 0.6) is 0 Å². The number of anilines is 1. The number of nitrogens with two attached hydrogens (primary N) is 1. The van der Waals surface area contributed by atoms with Crippen molar-refractivity contribution in [3.8, 4) is 55.6 Å². The van der Waals surface area contributed by atoms with E-state index in [-0.39, 0.29) is 120 Å². The quantitative estimate of drug-likeness (QED) is 0.0516. The minimum atomic E-state index is -1.01. The molecular formula is C98H65Br2F8IN6O12. The number of carbonyl (C=O) groups excluding carboxylic acids is 2. The largest absolute Gasteiger partial charge is 0.460 e. The summed E-state index contributed by atoms with van der Waals surface area (Å²) in [4.78, 5) is 99.8. The van der Waals surface area contributed by atoms with Gasteiger partial charge in [0.25, 0.3) is 11.8 Å². The fraction of sp³-hybridized carbons (Fsp3) is 0.102. The molecule has 11 aromatic carbocycles. The Labute approximate surface area is 744 Å². The molecule has 0 spiro atoms. The van der Waals surface area contributed by atoms with Crippen molar-refractivity contribution in [3.63, 3.8) is 0 Å². The van der Waals surface area contributed by atoms with E-state index in [4.69, 9.17) is 27.8 Å². The molecule has 0 aliphatic carbocycles. The van der Waals surface area contributed by atoms with Crippen LogP contribution < -0.4 is 32.9 Å². The molecule has 2 amide bonds. The maximum Gasteiger partial charge on any atom is 0.262 e. The molecule has 29 heteroatoms. The zero-order valence-electron chi connectivity index (χ0n) is 67.1. The third-order valence-corrected chi connectivity index (χ3v) is 22.5. The average molecular weight is 1960 g/mol. The molecule has 2 N–H and O–H groups in total. The third-order valence-electron chi connectivity index (χ3n) is 20.9. The van der Waals surface area contributed by atoms with E-state index in [9.17, 15) is 68.7 Å². The summed E-state index contributed by atoms with van der Waals surface area (Å²) in [5, 5.41) is 4.56. The zero-order valence-corrected chi connectivity index (χ0v) is 72.5. The Kier molecular flexibility index (Phi) is 25.7. The van der Waals surface area contributed by atoms with Gasteiger partial charge in [0.1, 0.15) is 152 Å². The summed E-state index contributed by atoms with van der Waals surface area (Å²) in [5.41, 5.74) is 8.98. The molecule has 8 heterocycles. The molecule has 127 heavy (non-hydrogen) atoms. The van der Waals surface area contributed by atoms with Gasteiger partial charge in [0.05, 0.1) is 60.0 Å². The first kappa shape index (κ1) is 88.0. The van der Waals surface area contributed by atoms with Crippen LogP contribution >= 0.6 is 54.5 Å². The van der Waals surface area contributed by atoms with Crippen molar-refractivity contribution in [1.82, 2.24) is 24.6 Å². The number of carbonyl (C=O) groups is 2. The number of rotatable bonds is 12. The molecular weight excluding hydrogens is 1890 g/mol. The number of aromatic nitrogens is 4. The van der Waals surface area contributed by atoms with Crippen LogP contribution in [0.3, 0.4) is 0 Å². The molecule has 4 unspecified atom stereocenters. The number of hydrogen-bond acceptors (Lipinski definition) is 16. The number of hydrogen-bond donors (Lipinski definition) is 1. The highest BCUT2D eigenvalue weighted by molar-refractivity contribution is 14.1. The van der Waals surface area contributed by atoms with Crippen LogP contribution in [-0.4, -0.2) is 36.5 Å². The van der Waals surface area contributed by atoms with Gasteiger partial charge in [-0.15, -0.1) is 0 Å². The Morgan fingerprint density at radius 3 is 1.09 bits per heavy atom. The zero-order chi connectivity index (χ0) is 90.1. The van der Waals surface area contributed by atoms with Gasteiger partial charge >= 0.3 is 0 Å². The molecule has 0 bridgehead atoms. The molecule has 0 saturated carbocycles. The number of fused-ring (bicyclic) bond motifs is 7. The van der Waals surface area contributed by atoms with Gasteiger partial charge in [-0.1, -0.05) is 178 Å². The molecule has 1 aliphatic rings. The minimum Gasteiger partial charge on any atom is -0.460 e. The van der Waals surface area contributed by atoms with Gasteiger partial charge in [0.2, 0.25) is 27.1 Å². The number of imide groups is 1. The summed E-state index contributed by atoms with van der Waals surface area (Å²) < 4.78 is 143. The fourth-order valence-electron chi connectivity index (χ4n) is 15.0. The normalized spacial score (nSPS) is 12.7. The highest BCUT2D eigenvalue weighted by atomic mass is 127. The van der Waals surface area contributed by atoms with Crippen molar-refractivity contribution in [1.29, 1.82) is 0 Å². The Balaban J connectivity index is 0.000000124. The number of nitrogen functional groups attached to an aromatic ring is 1. The molecule has 1 aliphatic heterocycles. The summed E-state index contributed by atoms with van der Waals surface area (Å²) in [6.45, 7) is 8.90. The lowest BCUT2D eigenvalue weighted by atomic mass is 9.98. The first-order valence-electron chi connectivity index (χ1n) is 39.1. The number of alkyl halides is 2. The van der Waals surface area contributed by atoms with Crippen LogP contribution in [0.4, 0.5) is 40.9 Å². The van der Waals surface area contributed by atoms with Crippen LogP contribution in [0.15, 0.2) is 301 Å². The Morgan fingerprint density at radius 2 is 0.693 bits per heavy atom. The van der Waals surface area contributed by atoms with Crippen LogP contribution in [0.25, 0.3) is 122 Å². The Bertz CT molecular complexity index is 7670. The summed E-state index contributed by atoms with van der Waals surface area (Å²) in [5.74, 6) is -3.82. The number of amides is 2. The maximum atomic E-state index is 14.5. The van der Waals surface area contributed by atoms with E-state index >= 15 is 0 Å². The third kappa shape index (κ3) is 17.2. The van der Waals surface area contributed by atoms with Crippen molar-refractivity contribution < 1.29 is 66.8 Å². The smallest absolute Gasteiger partial charge is 0.262 e. The standard InChI is InChI=1S/C25H15F2NO4.C22H14F2IN5O2.C17H11BrF2O2.C17H12BrFO2.C17H13FO2/c1-13(28-24(30)16-8-2-3-9-17(16)25(28)31)23-20(14-6-4-7-15(26)12-14)22(29)21-18(27)10-5-11-19(21)32-23;1-10(30-22-17(20(25)29-30)21(26)27-9-28-22)19-15(11-5-7-12(23)8-6-11)18(31)16-13(24)3-2-4-14(16)32-19;1-9(18)17-14(10-5-7-11(19)8-6-10)16(21)15-12(20)3-2-4-13(15)22-17;1-10(18)17-14(11-6-3-2-4-7-11)16(20)15-12(19)8-5-9-13(15)21-17;1-2-13-15(11-7-4-3-5-8-11)17(19)16-12(18)9-6-10-14(16)20-13/h2-13H,1H3;2-10H,1H3,(H2,26,27,28);2-9H,1H3;2-10H,1H3;3-10H,2H2,1H3. The number of aryl methyl sites for hydroxylation is 1. The van der Waals surface area contributed by atoms with Gasteiger partial charge in [-0.05, 0) is 187 Å². The highest BCUT2D eigenvalue weighted by Crippen LogP contribution is 2.41. The Morgan fingerprint density at radius 1 is 0.362 bits per heavy atom. The predicted molar refractivity (Wildman–Crippen MR) is 485 cm³/mol. The number of nitrogens with zero attached hydrogens (tertiary/aromatic N) is 5. The van der Waals surface area contributed by atoms with Crippen molar-refractivity contribution in [2.24, 2.45) is 0 Å². The summed E-state index contributed by atoms with van der Waals surface area (Å²) >= 11 is 8.86. The molecule has 0 fully saturated rings. The van der Waals surface area contributed by atoms with Gasteiger partial charge < -0.3 is 27.8 Å². The van der Waals surface area contributed by atoms with Crippen LogP contribution in [0, 0.1) is 50.2 Å². The van der Waals surface area contributed by atoms with Gasteiger partial charge in [-0.2, -0.15) is 5.10 Å². The molecule has 636 valence electrons. The predicted octanol–water partition coefficient (Wildman–Crippen LogP) is 24.2. The lowest BCUT2D eigenvalue weighted by Gasteiger charge is -2.24. The lowest BCUT2D eigenvalue weighted by Crippen LogP contribution is -2.33. The topological polar surface area (TPSA) is 258 Å². The van der Waals surface area contributed by atoms with Crippen LogP contribution in [0.1, 0.15) is 106 Å². The monoisotopic (exact) mass is 1950 g/mol. The van der Waals surface area contributed by atoms with Crippen molar-refractivity contribution in [2.45, 2.75) is 62.8 Å². The second-order valence-electron chi connectivity index (χ2n) is 28.9. The second kappa shape index (κ2) is 37.1. The molecule has 19 rings (SSSR count). The fourth-order valence-corrected chi connectivity index (χ4v) is 16.4. The van der Waals surface area contributed by atoms with Gasteiger partial charge in [0.15, 0.2) is 5.65 Å². The number of benzene rings is 11. The minimum absolute atomic E-state index is 0.00625. The first-order chi connectivity index (χ1) is 61.0. The molecule has 18 aromatic rings. The molecule has 18 nitrogen and oxygen atoms in total. The van der Waals surface area contributed by atoms with E-state index < -0.39 is 86.7 Å². The molecule has 0 saturated heterocycles. The molecule has 4 atom stereocenters. The van der Waals surface area contributed by atoms with Gasteiger partial charge in [-0.25, -0.2) is 49.8 Å². The van der Waals surface area contributed by atoms with E-state index in [1.54, 1.807) is 67.1 Å². The van der Waals surface area contributed by atoms with Gasteiger partial charge in [-0.3, -0.25) is 38.5 Å². The highest BCUT2D eigenvalue weighted by Gasteiger charge is 2.41. The van der Waals surface area contributed by atoms with E-state index in [0.29, 0.717) is 66.3 Å².